The van der Waals surface area contributed by atoms with Crippen molar-refractivity contribution >= 4 is 23.2 Å². The molecule has 3 aromatic rings. The quantitative estimate of drug-likeness (QED) is 0.558. The molecule has 0 aliphatic carbocycles. The number of benzene rings is 2. The highest BCUT2D eigenvalue weighted by Gasteiger charge is 2.28. The molecular weight excluding hydrogens is 424 g/mol. The Labute approximate surface area is 192 Å². The van der Waals surface area contributed by atoms with Gasteiger partial charge < -0.3 is 19.3 Å². The fourth-order valence-corrected chi connectivity index (χ4v) is 4.80. The van der Waals surface area contributed by atoms with Crippen LogP contribution in [0.2, 0.25) is 0 Å². The first-order valence-electron chi connectivity index (χ1n) is 10.7. The number of hydrogen-bond donors (Lipinski definition) is 0. The molecule has 0 atom stereocenters. The van der Waals surface area contributed by atoms with Crippen LogP contribution in [-0.2, 0) is 0 Å². The number of thiophene rings is 1. The van der Waals surface area contributed by atoms with Crippen LogP contribution in [0.3, 0.4) is 0 Å². The van der Waals surface area contributed by atoms with Crippen molar-refractivity contribution in [3.05, 3.63) is 71.1 Å². The minimum atomic E-state index is -0.0477. The molecule has 1 aliphatic rings. The second-order valence-corrected chi connectivity index (χ2v) is 8.47. The van der Waals surface area contributed by atoms with Crippen LogP contribution in [0.25, 0.3) is 10.4 Å². The van der Waals surface area contributed by atoms with Gasteiger partial charge in [-0.2, -0.15) is 0 Å². The molecule has 1 saturated heterocycles. The van der Waals surface area contributed by atoms with Crippen LogP contribution < -0.4 is 9.47 Å². The van der Waals surface area contributed by atoms with Crippen molar-refractivity contribution in [3.63, 3.8) is 0 Å². The minimum absolute atomic E-state index is 0.0471. The zero-order valence-electron chi connectivity index (χ0n) is 18.2. The minimum Gasteiger partial charge on any atom is -0.497 e. The molecule has 4 rings (SSSR count). The lowest BCUT2D eigenvalue weighted by molar-refractivity contribution is 0.0536. The number of amides is 2. The number of nitrogens with zero attached hydrogens (tertiary/aromatic N) is 2. The van der Waals surface area contributed by atoms with Crippen LogP contribution >= 0.6 is 11.3 Å². The van der Waals surface area contributed by atoms with Gasteiger partial charge in [0.15, 0.2) is 0 Å². The second-order valence-electron chi connectivity index (χ2n) is 7.42. The molecule has 1 aromatic heterocycles. The molecule has 0 spiro atoms. The Morgan fingerprint density at radius 2 is 1.59 bits per heavy atom. The summed E-state index contributed by atoms with van der Waals surface area (Å²) in [5.41, 5.74) is 1.65. The fraction of sp³-hybridized carbons (Fsp3) is 0.280. The van der Waals surface area contributed by atoms with Gasteiger partial charge in [0.25, 0.3) is 11.8 Å². The molecule has 0 N–H and O–H groups in total. The first-order chi connectivity index (χ1) is 15.6. The number of piperazine rings is 1. The molecule has 2 heterocycles. The lowest BCUT2D eigenvalue weighted by Gasteiger charge is -2.34. The summed E-state index contributed by atoms with van der Waals surface area (Å²) in [4.78, 5) is 31.4. The third-order valence-electron chi connectivity index (χ3n) is 5.42. The first kappa shape index (κ1) is 21.9. The van der Waals surface area contributed by atoms with E-state index in [1.54, 1.807) is 29.0 Å². The summed E-state index contributed by atoms with van der Waals surface area (Å²) in [6.07, 6.45) is 0. The second kappa shape index (κ2) is 9.87. The third kappa shape index (κ3) is 4.62. The predicted octanol–water partition coefficient (Wildman–Crippen LogP) is 4.42. The van der Waals surface area contributed by atoms with Crippen molar-refractivity contribution in [1.29, 1.82) is 0 Å². The highest BCUT2D eigenvalue weighted by atomic mass is 32.1. The monoisotopic (exact) mass is 450 g/mol. The number of hydrogen-bond acceptors (Lipinski definition) is 5. The van der Waals surface area contributed by atoms with E-state index < -0.39 is 0 Å². The van der Waals surface area contributed by atoms with E-state index in [2.05, 4.69) is 0 Å². The summed E-state index contributed by atoms with van der Waals surface area (Å²) < 4.78 is 11.0. The van der Waals surface area contributed by atoms with E-state index in [0.29, 0.717) is 54.7 Å². The van der Waals surface area contributed by atoms with Crippen LogP contribution in [0.5, 0.6) is 11.5 Å². The van der Waals surface area contributed by atoms with E-state index in [-0.39, 0.29) is 11.8 Å². The largest absolute Gasteiger partial charge is 0.497 e. The van der Waals surface area contributed by atoms with Crippen LogP contribution in [0.4, 0.5) is 0 Å². The number of methoxy groups -OCH3 is 1. The summed E-state index contributed by atoms with van der Waals surface area (Å²) >= 11 is 1.45. The highest BCUT2D eigenvalue weighted by Crippen LogP contribution is 2.37. The van der Waals surface area contributed by atoms with Crippen molar-refractivity contribution in [2.45, 2.75) is 6.92 Å². The van der Waals surface area contributed by atoms with Crippen LogP contribution in [0.1, 0.15) is 27.0 Å². The van der Waals surface area contributed by atoms with E-state index >= 15 is 0 Å². The van der Waals surface area contributed by atoms with Crippen LogP contribution in [-0.4, -0.2) is 61.5 Å². The SMILES string of the molecule is CCOc1cc(-c2ccccc2)sc1C(=O)N1CCN(C(=O)c2cccc(OC)c2)CC1. The van der Waals surface area contributed by atoms with Gasteiger partial charge in [-0.1, -0.05) is 36.4 Å². The summed E-state index contributed by atoms with van der Waals surface area (Å²) in [7, 11) is 1.58. The molecule has 7 heteroatoms. The van der Waals surface area contributed by atoms with Gasteiger partial charge in [0, 0.05) is 36.6 Å². The van der Waals surface area contributed by atoms with Crippen molar-refractivity contribution in [1.82, 2.24) is 9.80 Å². The molecular formula is C25H26N2O4S. The van der Waals surface area contributed by atoms with Crippen LogP contribution in [0.15, 0.2) is 60.7 Å². The van der Waals surface area contributed by atoms with Gasteiger partial charge >= 0.3 is 0 Å². The molecule has 0 saturated carbocycles. The number of carbonyl (C=O) groups excluding carboxylic acids is 2. The predicted molar refractivity (Wildman–Crippen MR) is 126 cm³/mol. The standard InChI is InChI=1S/C25H26N2O4S/c1-3-31-21-17-22(18-8-5-4-6-9-18)32-23(21)25(29)27-14-12-26(13-15-27)24(28)19-10-7-11-20(16-19)30-2/h4-11,16-17H,3,12-15H2,1-2H3. The number of rotatable bonds is 6. The maximum Gasteiger partial charge on any atom is 0.267 e. The van der Waals surface area contributed by atoms with E-state index in [1.165, 1.54) is 11.3 Å². The molecule has 1 aliphatic heterocycles. The summed E-state index contributed by atoms with van der Waals surface area (Å²) in [5.74, 6) is 1.18. The van der Waals surface area contributed by atoms with Crippen molar-refractivity contribution < 1.29 is 19.1 Å². The Morgan fingerprint density at radius 3 is 2.25 bits per heavy atom. The maximum absolute atomic E-state index is 13.3. The normalized spacial score (nSPS) is 13.7. The van der Waals surface area contributed by atoms with Crippen molar-refractivity contribution in [2.24, 2.45) is 0 Å². The van der Waals surface area contributed by atoms with Crippen LogP contribution in [0, 0.1) is 0 Å². The molecule has 32 heavy (non-hydrogen) atoms. The van der Waals surface area contributed by atoms with E-state index in [0.717, 1.165) is 10.4 Å². The smallest absolute Gasteiger partial charge is 0.267 e. The molecule has 166 valence electrons. The average Bonchev–Trinajstić information content (AvgIpc) is 3.28. The Kier molecular flexibility index (Phi) is 6.75. The van der Waals surface area contributed by atoms with Gasteiger partial charge in [-0.3, -0.25) is 9.59 Å². The average molecular weight is 451 g/mol. The van der Waals surface area contributed by atoms with Gasteiger partial charge in [-0.05, 0) is 36.8 Å². The Hall–Kier alpha value is -3.32. The van der Waals surface area contributed by atoms with E-state index in [9.17, 15) is 9.59 Å². The maximum atomic E-state index is 13.3. The van der Waals surface area contributed by atoms with Gasteiger partial charge in [0.2, 0.25) is 0 Å². The molecule has 0 radical (unpaired) electrons. The molecule has 2 aromatic carbocycles. The summed E-state index contributed by atoms with van der Waals surface area (Å²) in [5, 5.41) is 0. The molecule has 0 bridgehead atoms. The molecule has 2 amide bonds. The molecule has 1 fully saturated rings. The van der Waals surface area contributed by atoms with Crippen molar-refractivity contribution in [2.75, 3.05) is 39.9 Å². The topological polar surface area (TPSA) is 59.1 Å². The zero-order valence-corrected chi connectivity index (χ0v) is 19.1. The van der Waals surface area contributed by atoms with Gasteiger partial charge in [-0.25, -0.2) is 0 Å². The summed E-state index contributed by atoms with van der Waals surface area (Å²) in [6, 6.07) is 19.1. The number of carbonyl (C=O) groups is 2. The van der Waals surface area contributed by atoms with Crippen molar-refractivity contribution in [3.8, 4) is 21.9 Å². The first-order valence-corrected chi connectivity index (χ1v) is 11.5. The zero-order chi connectivity index (χ0) is 22.5. The van der Waals surface area contributed by atoms with E-state index in [4.69, 9.17) is 9.47 Å². The van der Waals surface area contributed by atoms with Gasteiger partial charge in [-0.15, -0.1) is 11.3 Å². The van der Waals surface area contributed by atoms with Gasteiger partial charge in [0.05, 0.1) is 13.7 Å². The Morgan fingerprint density at radius 1 is 0.906 bits per heavy atom. The van der Waals surface area contributed by atoms with Gasteiger partial charge in [0.1, 0.15) is 16.4 Å². The summed E-state index contributed by atoms with van der Waals surface area (Å²) in [6.45, 7) is 4.35. The molecule has 6 nitrogen and oxygen atoms in total. The molecule has 0 unspecified atom stereocenters. The lowest BCUT2D eigenvalue weighted by atomic mass is 10.1. The fourth-order valence-electron chi connectivity index (χ4n) is 3.73. The Balaban J connectivity index is 1.46. The number of ether oxygens (including phenoxy) is 2. The Bertz CT molecular complexity index is 1090. The van der Waals surface area contributed by atoms with E-state index in [1.807, 2.05) is 55.5 Å². The third-order valence-corrected chi connectivity index (χ3v) is 6.57. The lowest BCUT2D eigenvalue weighted by Crippen LogP contribution is -2.50. The highest BCUT2D eigenvalue weighted by molar-refractivity contribution is 7.17.